The van der Waals surface area contributed by atoms with Gasteiger partial charge in [0.25, 0.3) is 0 Å². The van der Waals surface area contributed by atoms with Crippen LogP contribution in [0, 0.1) is 77.4 Å². The van der Waals surface area contributed by atoms with E-state index in [1.165, 1.54) is 72.3 Å². The molecule has 6 heterocycles. The van der Waals surface area contributed by atoms with E-state index in [1.54, 1.807) is 24.3 Å². The van der Waals surface area contributed by atoms with Crippen molar-refractivity contribution in [2.24, 2.45) is 0 Å². The van der Waals surface area contributed by atoms with Crippen molar-refractivity contribution in [2.75, 3.05) is 23.9 Å². The number of rotatable bonds is 9. The number of benzene rings is 12. The maximum atomic E-state index is 12.2. The fraction of sp³-hybridized carbons (Fsp3) is 0.0816. The van der Waals surface area contributed by atoms with E-state index in [0.717, 1.165) is 74.0 Å². The number of hydrogen-bond donors (Lipinski definition) is 0. The molecular weight excluding hydrogens is 1990 g/mol. The van der Waals surface area contributed by atoms with E-state index < -0.39 is 11.9 Å². The Balaban J connectivity index is 0.000000136. The van der Waals surface area contributed by atoms with E-state index in [4.69, 9.17) is 0 Å². The van der Waals surface area contributed by atoms with E-state index in [1.807, 2.05) is 172 Å². The molecule has 0 saturated heterocycles. The van der Waals surface area contributed by atoms with E-state index >= 15 is 0 Å². The summed E-state index contributed by atoms with van der Waals surface area (Å²) in [7, 11) is 4.02. The van der Waals surface area contributed by atoms with Crippen LogP contribution in [0.25, 0.3) is 95.1 Å². The molecule has 20 rings (SSSR count). The molecule has 12 aromatic carbocycles. The van der Waals surface area contributed by atoms with Gasteiger partial charge in [0.2, 0.25) is 0 Å². The minimum Gasteiger partial charge on any atom is -0.619 e. The molecular formula is C98H74F3N12Pt3-3. The standard InChI is InChI=1S/C36H25N2.2C16H14N2.C10H5F3N2.2C10H8N2.3Pt/c1-23-21-24(2)38(37-23)27-18-15-25(16-19-27)26-17-20-31-30-11-5-8-14-34(30)36(35(31)22-26)32-12-6-3-9-28(32)29-10-4-7-13-33(29)36;2*1-17-11-12-18(13-17)16-9-7-15(8-10-16)14-5-3-2-4-6-14;11-10(12,13)9-6-8(14-15-9)7-4-2-1-3-5-7;2*1-8-7-10(12-11-8)9-5-3-2-4-6-9;;;/h3-18,20-22H,1-2H3;2*2-9,11-13H,1H3;1-4,6H;2*2-5,7H,1H3;;;/q-1;5*-2;;2*+4. The van der Waals surface area contributed by atoms with E-state index in [-0.39, 0.29) is 74.3 Å². The average Bonchev–Trinajstić information content (AvgIpc) is 1.51. The van der Waals surface area contributed by atoms with Crippen molar-refractivity contribution in [1.82, 2.24) is 50.2 Å². The molecule has 2 aliphatic heterocycles. The summed E-state index contributed by atoms with van der Waals surface area (Å²) in [5, 5.41) is 27.0. The molecule has 0 N–H and O–H groups in total. The molecule has 0 atom stereocenters. The van der Waals surface area contributed by atoms with Crippen molar-refractivity contribution in [2.45, 2.75) is 39.3 Å². The molecule has 18 heteroatoms. The van der Waals surface area contributed by atoms with Gasteiger partial charge < -0.3 is 50.2 Å². The number of alkyl halides is 3. The number of anilines is 2. The van der Waals surface area contributed by atoms with Gasteiger partial charge in [-0.1, -0.05) is 187 Å². The summed E-state index contributed by atoms with van der Waals surface area (Å²) in [5.74, 6) is 0. The molecule has 16 aromatic rings. The molecule has 0 amide bonds. The van der Waals surface area contributed by atoms with Gasteiger partial charge in [-0.2, -0.15) is 103 Å². The maximum Gasteiger partial charge on any atom is 4.00 e. The second-order valence-electron chi connectivity index (χ2n) is 27.3. The Morgan fingerprint density at radius 1 is 0.353 bits per heavy atom. The summed E-state index contributed by atoms with van der Waals surface area (Å²) in [4.78, 5) is 8.13. The predicted molar refractivity (Wildman–Crippen MR) is 442 cm³/mol. The van der Waals surface area contributed by atoms with E-state index in [9.17, 15) is 13.2 Å². The summed E-state index contributed by atoms with van der Waals surface area (Å²) in [6.07, 6.45) is 3.62. The monoisotopic (exact) mass is 2060 g/mol. The van der Waals surface area contributed by atoms with Crippen LogP contribution < -0.4 is 25.1 Å². The molecule has 0 radical (unpaired) electrons. The van der Waals surface area contributed by atoms with E-state index in [2.05, 4.69) is 277 Å². The number of fused-ring (bicyclic) bond motifs is 10. The Hall–Kier alpha value is -12.0. The first-order valence-electron chi connectivity index (χ1n) is 36.8. The smallest absolute Gasteiger partial charge is 0.619 e. The van der Waals surface area contributed by atoms with Gasteiger partial charge >= 0.3 is 48.3 Å². The first kappa shape index (κ1) is 83.4. The van der Waals surface area contributed by atoms with Crippen LogP contribution in [0.15, 0.2) is 328 Å². The van der Waals surface area contributed by atoms with Gasteiger partial charge in [0, 0.05) is 38.1 Å². The molecule has 0 saturated carbocycles. The Morgan fingerprint density at radius 3 is 1.09 bits per heavy atom. The second kappa shape index (κ2) is 38.0. The summed E-state index contributed by atoms with van der Waals surface area (Å²) in [6.45, 7) is 12.0. The van der Waals surface area contributed by atoms with Crippen LogP contribution in [0.5, 0.6) is 0 Å². The van der Waals surface area contributed by atoms with Gasteiger partial charge in [-0.15, -0.1) is 137 Å². The van der Waals surface area contributed by atoms with Gasteiger partial charge in [-0.3, -0.25) is 4.68 Å². The van der Waals surface area contributed by atoms with E-state index in [0.29, 0.717) is 5.56 Å². The summed E-state index contributed by atoms with van der Waals surface area (Å²) in [6, 6.07) is 122. The van der Waals surface area contributed by atoms with Crippen LogP contribution in [0.3, 0.4) is 0 Å². The molecule has 0 fully saturated rings. The van der Waals surface area contributed by atoms with Gasteiger partial charge in [-0.05, 0) is 123 Å². The maximum absolute atomic E-state index is 12.2. The third-order valence-corrected chi connectivity index (χ3v) is 19.4. The minimum atomic E-state index is -4.44. The second-order valence-corrected chi connectivity index (χ2v) is 27.3. The third kappa shape index (κ3) is 18.8. The molecule has 580 valence electrons. The van der Waals surface area contributed by atoms with Gasteiger partial charge in [0.15, 0.2) is 0 Å². The van der Waals surface area contributed by atoms with Gasteiger partial charge in [-0.25, -0.2) is 17.1 Å². The van der Waals surface area contributed by atoms with Crippen LogP contribution >= 0.6 is 0 Å². The molecule has 12 nitrogen and oxygen atoms in total. The molecule has 1 spiro atoms. The fourth-order valence-electron chi connectivity index (χ4n) is 14.1. The van der Waals surface area contributed by atoms with Crippen molar-refractivity contribution in [1.29, 1.82) is 0 Å². The zero-order valence-electron chi connectivity index (χ0n) is 63.8. The van der Waals surface area contributed by atoms with Crippen molar-refractivity contribution in [3.8, 4) is 95.1 Å². The summed E-state index contributed by atoms with van der Waals surface area (Å²) < 4.78 is 38.6. The first-order valence-corrected chi connectivity index (χ1v) is 36.8. The Morgan fingerprint density at radius 2 is 0.733 bits per heavy atom. The SMILES string of the molecule is CN1C=CN(c2[c-]cc(-c3ccccc3)cc2)[CH-]1.CN1C=CN(c2[c-]cc(-c3ccccc3)cc2)[CH-]1.Cc1cc(-c2[c-]cccc2)[n-]n1.Cc1cc(-c2[c-]cccc2)[n-]n1.Cc1cc(C)n(-c2[c-]cc(-c3ccc4c(c3)C3(c5ccccc5-c5ccccc53)c3ccccc3-4)cc2)n1.FC(F)(F)c1cc(-c2[c-]cccc2)[n-]n1.[Pt+4].[Pt+4].[Pt]. The number of aryl methyl sites for hydroxylation is 4. The normalized spacial score (nSPS) is 12.5. The molecule has 4 aromatic heterocycles. The fourth-order valence-corrected chi connectivity index (χ4v) is 14.1. The summed E-state index contributed by atoms with van der Waals surface area (Å²) in [5.41, 5.74) is 28.2. The predicted octanol–water partition coefficient (Wildman–Crippen LogP) is 21.4. The molecule has 2 aliphatic carbocycles. The largest absolute Gasteiger partial charge is 4.00 e. The van der Waals surface area contributed by atoms with Crippen LogP contribution in [0.2, 0.25) is 0 Å². The van der Waals surface area contributed by atoms with Gasteiger partial charge in [0.05, 0.1) is 11.1 Å². The van der Waals surface area contributed by atoms with Crippen molar-refractivity contribution in [3.63, 3.8) is 0 Å². The zero-order chi connectivity index (χ0) is 77.8. The number of hydrogen-bond acceptors (Lipinski definition) is 8. The molecule has 116 heavy (non-hydrogen) atoms. The van der Waals surface area contributed by atoms with Crippen molar-refractivity contribution >= 4 is 11.4 Å². The minimum absolute atomic E-state index is 0. The topological polar surface area (TPSA) is 112 Å². The number of aromatic nitrogens is 8. The first-order chi connectivity index (χ1) is 55.1. The summed E-state index contributed by atoms with van der Waals surface area (Å²) >= 11 is 0. The van der Waals surface area contributed by atoms with Crippen LogP contribution in [0.1, 0.15) is 50.7 Å². The quantitative estimate of drug-likeness (QED) is 0.129. The molecule has 0 bridgehead atoms. The van der Waals surface area contributed by atoms with Crippen LogP contribution in [-0.4, -0.2) is 49.0 Å². The molecule has 0 unspecified atom stereocenters. The van der Waals surface area contributed by atoms with Gasteiger partial charge in [0.1, 0.15) is 5.69 Å². The number of halogens is 3. The Kier molecular flexibility index (Phi) is 27.3. The average molecular weight is 2060 g/mol. The van der Waals surface area contributed by atoms with Crippen molar-refractivity contribution < 1.29 is 76.4 Å². The zero-order valence-corrected chi connectivity index (χ0v) is 70.6. The van der Waals surface area contributed by atoms with Crippen molar-refractivity contribution in [3.05, 3.63) is 429 Å². The molecule has 4 aliphatic rings. The number of nitrogens with zero attached hydrogens (tertiary/aromatic N) is 12. The Bertz CT molecular complexity index is 5670. The Labute approximate surface area is 719 Å². The van der Waals surface area contributed by atoms with Crippen LogP contribution in [0.4, 0.5) is 24.5 Å². The van der Waals surface area contributed by atoms with Crippen LogP contribution in [-0.2, 0) is 74.8 Å². The third-order valence-electron chi connectivity index (χ3n) is 19.4.